The minimum Gasteiger partial charge on any atom is -0.399 e. The van der Waals surface area contributed by atoms with E-state index in [0.29, 0.717) is 16.0 Å². The number of nitrogen functional groups attached to an aromatic ring is 1. The van der Waals surface area contributed by atoms with E-state index in [1.165, 1.54) is 6.07 Å². The molecule has 0 bridgehead atoms. The van der Waals surface area contributed by atoms with Crippen molar-refractivity contribution in [3.8, 4) is 0 Å². The van der Waals surface area contributed by atoms with Crippen molar-refractivity contribution in [3.63, 3.8) is 0 Å². The van der Waals surface area contributed by atoms with Crippen molar-refractivity contribution in [3.05, 3.63) is 28.5 Å². The standard InChI is InChI=1S/C9H9BrN4O3S/c1-5-12-9(17-13-5)14-18(15,16)8-4-6(11)2-3-7(8)10/h2-4H,11H2,1H3,(H,12,13,14). The minimum absolute atomic E-state index is 0.00152. The van der Waals surface area contributed by atoms with Crippen LogP contribution in [0.25, 0.3) is 0 Å². The highest BCUT2D eigenvalue weighted by Crippen LogP contribution is 2.25. The number of hydrogen-bond acceptors (Lipinski definition) is 6. The fourth-order valence-electron chi connectivity index (χ4n) is 1.23. The molecular weight excluding hydrogens is 324 g/mol. The molecule has 1 aromatic heterocycles. The van der Waals surface area contributed by atoms with Crippen LogP contribution in [0.4, 0.5) is 11.7 Å². The molecule has 1 heterocycles. The Labute approximate surface area is 112 Å². The van der Waals surface area contributed by atoms with Crippen LogP contribution in [0.3, 0.4) is 0 Å². The van der Waals surface area contributed by atoms with Crippen molar-refractivity contribution in [2.75, 3.05) is 10.5 Å². The third-order valence-corrected chi connectivity index (χ3v) is 4.31. The Bertz CT molecular complexity index is 683. The van der Waals surface area contributed by atoms with Crippen molar-refractivity contribution in [1.82, 2.24) is 10.1 Å². The zero-order valence-electron chi connectivity index (χ0n) is 9.21. The number of sulfonamides is 1. The molecule has 1 aromatic carbocycles. The van der Waals surface area contributed by atoms with Gasteiger partial charge in [-0.3, -0.25) is 0 Å². The van der Waals surface area contributed by atoms with E-state index >= 15 is 0 Å². The van der Waals surface area contributed by atoms with Crippen LogP contribution in [0.5, 0.6) is 0 Å². The summed E-state index contributed by atoms with van der Waals surface area (Å²) in [5.74, 6) is 0.333. The average molecular weight is 333 g/mol. The van der Waals surface area contributed by atoms with E-state index in [4.69, 9.17) is 10.3 Å². The van der Waals surface area contributed by atoms with Crippen LogP contribution in [0.2, 0.25) is 0 Å². The first kappa shape index (κ1) is 12.8. The molecular formula is C9H9BrN4O3S. The molecule has 0 aliphatic rings. The maximum atomic E-state index is 12.1. The van der Waals surface area contributed by atoms with E-state index in [1.54, 1.807) is 19.1 Å². The van der Waals surface area contributed by atoms with E-state index in [2.05, 4.69) is 30.8 Å². The van der Waals surface area contributed by atoms with Gasteiger partial charge in [0.1, 0.15) is 4.90 Å². The number of nitrogens with two attached hydrogens (primary N) is 1. The lowest BCUT2D eigenvalue weighted by molar-refractivity contribution is 0.429. The van der Waals surface area contributed by atoms with E-state index in [1.807, 2.05) is 0 Å². The number of benzene rings is 1. The summed E-state index contributed by atoms with van der Waals surface area (Å²) in [6.45, 7) is 1.58. The van der Waals surface area contributed by atoms with Gasteiger partial charge in [-0.25, -0.2) is 13.1 Å². The van der Waals surface area contributed by atoms with Crippen LogP contribution in [0.15, 0.2) is 32.1 Å². The summed E-state index contributed by atoms with van der Waals surface area (Å²) in [5, 5.41) is 3.48. The molecule has 0 atom stereocenters. The molecule has 7 nitrogen and oxygen atoms in total. The molecule has 0 radical (unpaired) electrons. The van der Waals surface area contributed by atoms with Crippen molar-refractivity contribution >= 4 is 37.7 Å². The summed E-state index contributed by atoms with van der Waals surface area (Å²) < 4.78 is 31.4. The molecule has 3 N–H and O–H groups in total. The summed E-state index contributed by atoms with van der Waals surface area (Å²) in [5.41, 5.74) is 5.89. The third-order valence-electron chi connectivity index (χ3n) is 1.99. The molecule has 0 unspecified atom stereocenters. The number of halogens is 1. The van der Waals surface area contributed by atoms with Gasteiger partial charge >= 0.3 is 6.01 Å². The van der Waals surface area contributed by atoms with Gasteiger partial charge in [-0.1, -0.05) is 5.16 Å². The van der Waals surface area contributed by atoms with Crippen LogP contribution in [-0.2, 0) is 10.0 Å². The highest BCUT2D eigenvalue weighted by molar-refractivity contribution is 9.10. The van der Waals surface area contributed by atoms with Crippen LogP contribution < -0.4 is 10.5 Å². The van der Waals surface area contributed by atoms with Gasteiger partial charge in [-0.2, -0.15) is 4.98 Å². The van der Waals surface area contributed by atoms with Gasteiger partial charge in [0.05, 0.1) is 0 Å². The van der Waals surface area contributed by atoms with Gasteiger partial charge in [-0.15, -0.1) is 0 Å². The molecule has 9 heteroatoms. The maximum Gasteiger partial charge on any atom is 0.335 e. The van der Waals surface area contributed by atoms with Gasteiger partial charge in [0.2, 0.25) is 0 Å². The predicted octanol–water partition coefficient (Wildman–Crippen LogP) is 1.52. The predicted molar refractivity (Wildman–Crippen MR) is 68.4 cm³/mol. The molecule has 0 amide bonds. The molecule has 0 saturated carbocycles. The number of anilines is 2. The summed E-state index contributed by atoms with van der Waals surface area (Å²) in [4.78, 5) is 3.76. The number of aryl methyl sites for hydroxylation is 1. The first-order valence-electron chi connectivity index (χ1n) is 4.76. The number of aromatic nitrogens is 2. The van der Waals surface area contributed by atoms with Crippen LogP contribution >= 0.6 is 15.9 Å². The fourth-order valence-corrected chi connectivity index (χ4v) is 3.16. The van der Waals surface area contributed by atoms with Gasteiger partial charge in [0.15, 0.2) is 5.82 Å². The minimum atomic E-state index is -3.83. The highest BCUT2D eigenvalue weighted by Gasteiger charge is 2.20. The molecule has 96 valence electrons. The largest absolute Gasteiger partial charge is 0.399 e. The van der Waals surface area contributed by atoms with E-state index in [9.17, 15) is 8.42 Å². The van der Waals surface area contributed by atoms with Gasteiger partial charge in [0, 0.05) is 10.2 Å². The smallest absolute Gasteiger partial charge is 0.335 e. The van der Waals surface area contributed by atoms with E-state index in [0.717, 1.165) is 0 Å². The lowest BCUT2D eigenvalue weighted by Gasteiger charge is -2.06. The second-order valence-corrected chi connectivity index (χ2v) is 5.95. The summed E-state index contributed by atoms with van der Waals surface area (Å²) >= 11 is 3.14. The van der Waals surface area contributed by atoms with Crippen LogP contribution in [-0.4, -0.2) is 18.6 Å². The van der Waals surface area contributed by atoms with Gasteiger partial charge in [0.25, 0.3) is 10.0 Å². The van der Waals surface area contributed by atoms with E-state index < -0.39 is 10.0 Å². The first-order valence-corrected chi connectivity index (χ1v) is 7.04. The van der Waals surface area contributed by atoms with Crippen molar-refractivity contribution in [2.24, 2.45) is 0 Å². The molecule has 18 heavy (non-hydrogen) atoms. The molecule has 2 rings (SSSR count). The first-order chi connectivity index (χ1) is 8.38. The van der Waals surface area contributed by atoms with Crippen LogP contribution in [0.1, 0.15) is 5.82 Å². The Kier molecular flexibility index (Phi) is 3.26. The number of nitrogens with one attached hydrogen (secondary N) is 1. The van der Waals surface area contributed by atoms with Crippen LogP contribution in [0, 0.1) is 6.92 Å². The SMILES string of the molecule is Cc1noc(NS(=O)(=O)c2cc(N)ccc2Br)n1. The molecule has 0 saturated heterocycles. The van der Waals surface area contributed by atoms with E-state index in [-0.39, 0.29) is 10.9 Å². The Balaban J connectivity index is 2.39. The molecule has 0 fully saturated rings. The lowest BCUT2D eigenvalue weighted by Crippen LogP contribution is -2.14. The van der Waals surface area contributed by atoms with Gasteiger partial charge < -0.3 is 10.3 Å². The molecule has 0 aliphatic carbocycles. The molecule has 0 aliphatic heterocycles. The Morgan fingerprint density at radius 3 is 2.78 bits per heavy atom. The Morgan fingerprint density at radius 1 is 1.44 bits per heavy atom. The average Bonchev–Trinajstić information content (AvgIpc) is 2.66. The summed E-state index contributed by atoms with van der Waals surface area (Å²) in [7, 11) is -3.83. The quantitative estimate of drug-likeness (QED) is 0.824. The number of nitrogens with zero attached hydrogens (tertiary/aromatic N) is 2. The van der Waals surface area contributed by atoms with Gasteiger partial charge in [-0.05, 0) is 41.1 Å². The number of hydrogen-bond donors (Lipinski definition) is 2. The monoisotopic (exact) mass is 332 g/mol. The highest BCUT2D eigenvalue weighted by atomic mass is 79.9. The second-order valence-electron chi connectivity index (χ2n) is 3.44. The zero-order valence-corrected chi connectivity index (χ0v) is 11.6. The van der Waals surface area contributed by atoms with Crippen molar-refractivity contribution in [1.29, 1.82) is 0 Å². The normalized spacial score (nSPS) is 11.4. The second kappa shape index (κ2) is 4.58. The zero-order chi connectivity index (χ0) is 13.3. The Morgan fingerprint density at radius 2 is 2.17 bits per heavy atom. The van der Waals surface area contributed by atoms with Crippen molar-refractivity contribution < 1.29 is 12.9 Å². The Hall–Kier alpha value is -1.61. The molecule has 0 spiro atoms. The molecule has 2 aromatic rings. The summed E-state index contributed by atoms with van der Waals surface area (Å²) in [6.07, 6.45) is 0. The van der Waals surface area contributed by atoms with Crippen molar-refractivity contribution in [2.45, 2.75) is 11.8 Å². The lowest BCUT2D eigenvalue weighted by atomic mass is 10.3. The summed E-state index contributed by atoms with van der Waals surface area (Å²) in [6, 6.07) is 4.26. The number of rotatable bonds is 3. The third kappa shape index (κ3) is 2.62. The fraction of sp³-hybridized carbons (Fsp3) is 0.111. The topological polar surface area (TPSA) is 111 Å². The maximum absolute atomic E-state index is 12.1.